The molecular weight excluding hydrogens is 408 g/mol. The number of hydrogen-bond donors (Lipinski definition) is 2. The van der Waals surface area contributed by atoms with Gasteiger partial charge < -0.3 is 10.1 Å². The van der Waals surface area contributed by atoms with Crippen molar-refractivity contribution in [2.24, 2.45) is 0 Å². The Balaban J connectivity index is 1.60. The number of esters is 1. The van der Waals surface area contributed by atoms with E-state index in [2.05, 4.69) is 15.7 Å². The maximum atomic E-state index is 12.6. The van der Waals surface area contributed by atoms with Crippen LogP contribution in [0.3, 0.4) is 0 Å². The van der Waals surface area contributed by atoms with Crippen molar-refractivity contribution in [1.82, 2.24) is 20.4 Å². The highest BCUT2D eigenvalue weighted by molar-refractivity contribution is 6.33. The number of urea groups is 1. The molecule has 30 heavy (non-hydrogen) atoms. The summed E-state index contributed by atoms with van der Waals surface area (Å²) in [4.78, 5) is 36.9. The van der Waals surface area contributed by atoms with Crippen molar-refractivity contribution < 1.29 is 19.1 Å². The molecule has 1 fully saturated rings. The van der Waals surface area contributed by atoms with Crippen LogP contribution in [0.25, 0.3) is 5.69 Å². The number of rotatable bonds is 5. The number of nitrogens with zero attached hydrogens (tertiary/aromatic N) is 2. The molecule has 1 atom stereocenters. The van der Waals surface area contributed by atoms with E-state index >= 15 is 0 Å². The van der Waals surface area contributed by atoms with Crippen molar-refractivity contribution in [2.45, 2.75) is 58.1 Å². The second-order valence-electron chi connectivity index (χ2n) is 7.34. The number of carbonyl (C=O) groups excluding carboxylic acids is 3. The summed E-state index contributed by atoms with van der Waals surface area (Å²) in [5, 5.41) is 9.38. The van der Waals surface area contributed by atoms with Crippen LogP contribution in [0.4, 0.5) is 4.79 Å². The molecule has 0 bridgehead atoms. The molecule has 0 saturated heterocycles. The quantitative estimate of drug-likeness (QED) is 0.703. The molecular formula is C21H25ClN4O4. The summed E-state index contributed by atoms with van der Waals surface area (Å²) in [5.41, 5.74) is 1.14. The summed E-state index contributed by atoms with van der Waals surface area (Å²) >= 11 is 6.35. The smallest absolute Gasteiger partial charge is 0.344 e. The van der Waals surface area contributed by atoms with Gasteiger partial charge in [-0.05, 0) is 38.8 Å². The Morgan fingerprint density at radius 1 is 1.17 bits per heavy atom. The summed E-state index contributed by atoms with van der Waals surface area (Å²) in [7, 11) is 0. The minimum atomic E-state index is -1.18. The first-order valence-electron chi connectivity index (χ1n) is 9.99. The maximum absolute atomic E-state index is 12.6. The van der Waals surface area contributed by atoms with Gasteiger partial charge in [0.05, 0.1) is 11.4 Å². The molecule has 0 aliphatic heterocycles. The van der Waals surface area contributed by atoms with Crippen LogP contribution in [0.1, 0.15) is 55.1 Å². The standard InChI is InChI=1S/C21H25ClN4O4/c1-13-17(18(22)26(25-13)16-11-7-4-8-12-16)20(28)30-14(2)19(27)24-21(29)23-15-9-5-3-6-10-15/h4,7-8,11-12,14-15H,3,5-6,9-10H2,1-2H3,(H2,23,24,27,29)/t14-/m0/s1. The lowest BCUT2D eigenvalue weighted by Crippen LogP contribution is -2.48. The fourth-order valence-electron chi connectivity index (χ4n) is 3.43. The Morgan fingerprint density at radius 2 is 1.83 bits per heavy atom. The molecule has 0 radical (unpaired) electrons. The molecule has 2 aromatic rings. The largest absolute Gasteiger partial charge is 0.449 e. The van der Waals surface area contributed by atoms with Crippen LogP contribution in [0.15, 0.2) is 30.3 Å². The predicted octanol–water partition coefficient (Wildman–Crippen LogP) is 3.54. The zero-order chi connectivity index (χ0) is 21.7. The first-order valence-corrected chi connectivity index (χ1v) is 10.4. The lowest BCUT2D eigenvalue weighted by Gasteiger charge is -2.23. The number of benzene rings is 1. The molecule has 1 aliphatic carbocycles. The summed E-state index contributed by atoms with van der Waals surface area (Å²) in [6.45, 7) is 3.02. The van der Waals surface area contributed by atoms with E-state index in [9.17, 15) is 14.4 Å². The van der Waals surface area contributed by atoms with Gasteiger partial charge in [-0.15, -0.1) is 0 Å². The molecule has 160 valence electrons. The van der Waals surface area contributed by atoms with Crippen LogP contribution < -0.4 is 10.6 Å². The molecule has 2 N–H and O–H groups in total. The Hall–Kier alpha value is -2.87. The molecule has 8 nitrogen and oxygen atoms in total. The molecule has 1 saturated carbocycles. The van der Waals surface area contributed by atoms with Crippen LogP contribution >= 0.6 is 11.6 Å². The number of hydrogen-bond acceptors (Lipinski definition) is 5. The van der Waals surface area contributed by atoms with Gasteiger partial charge in [-0.1, -0.05) is 49.1 Å². The third kappa shape index (κ3) is 5.18. The van der Waals surface area contributed by atoms with E-state index in [4.69, 9.17) is 16.3 Å². The Kier molecular flexibility index (Phi) is 7.10. The normalized spacial score (nSPS) is 15.3. The minimum Gasteiger partial charge on any atom is -0.449 e. The molecule has 1 aliphatic rings. The highest BCUT2D eigenvalue weighted by Crippen LogP contribution is 2.24. The number of halogens is 1. The number of carbonyl (C=O) groups is 3. The van der Waals surface area contributed by atoms with E-state index in [1.807, 2.05) is 18.2 Å². The van der Waals surface area contributed by atoms with Gasteiger partial charge >= 0.3 is 12.0 Å². The predicted molar refractivity (Wildman–Crippen MR) is 112 cm³/mol. The SMILES string of the molecule is Cc1nn(-c2ccccc2)c(Cl)c1C(=O)O[C@@H](C)C(=O)NC(=O)NC1CCCCC1. The molecule has 3 rings (SSSR count). The molecule has 0 spiro atoms. The van der Waals surface area contributed by atoms with E-state index < -0.39 is 24.0 Å². The lowest BCUT2D eigenvalue weighted by atomic mass is 9.96. The van der Waals surface area contributed by atoms with Gasteiger partial charge in [-0.25, -0.2) is 14.3 Å². The summed E-state index contributed by atoms with van der Waals surface area (Å²) in [6, 6.07) is 8.59. The molecule has 1 heterocycles. The van der Waals surface area contributed by atoms with Crippen LogP contribution in [0.5, 0.6) is 0 Å². The van der Waals surface area contributed by atoms with Gasteiger partial charge in [0.2, 0.25) is 0 Å². The van der Waals surface area contributed by atoms with Crippen molar-refractivity contribution >= 4 is 29.5 Å². The van der Waals surface area contributed by atoms with Crippen LogP contribution in [-0.4, -0.2) is 39.8 Å². The number of para-hydroxylation sites is 1. The highest BCUT2D eigenvalue weighted by atomic mass is 35.5. The van der Waals surface area contributed by atoms with Crippen molar-refractivity contribution in [2.75, 3.05) is 0 Å². The van der Waals surface area contributed by atoms with Gasteiger partial charge in [-0.2, -0.15) is 5.10 Å². The van der Waals surface area contributed by atoms with Crippen LogP contribution in [-0.2, 0) is 9.53 Å². The van der Waals surface area contributed by atoms with Crippen molar-refractivity contribution in [3.05, 3.63) is 46.7 Å². The van der Waals surface area contributed by atoms with Gasteiger partial charge in [0.25, 0.3) is 5.91 Å². The second-order valence-corrected chi connectivity index (χ2v) is 7.70. The van der Waals surface area contributed by atoms with E-state index in [1.54, 1.807) is 19.1 Å². The van der Waals surface area contributed by atoms with Crippen LogP contribution in [0, 0.1) is 6.92 Å². The van der Waals surface area contributed by atoms with Crippen LogP contribution in [0.2, 0.25) is 5.15 Å². The molecule has 1 aromatic carbocycles. The summed E-state index contributed by atoms with van der Waals surface area (Å²) in [6.07, 6.45) is 3.90. The zero-order valence-corrected chi connectivity index (χ0v) is 17.7. The second kappa shape index (κ2) is 9.75. The number of amides is 3. The van der Waals surface area contributed by atoms with Crippen molar-refractivity contribution in [3.63, 3.8) is 0 Å². The first-order chi connectivity index (χ1) is 14.4. The highest BCUT2D eigenvalue weighted by Gasteiger charge is 2.27. The molecule has 9 heteroatoms. The Labute approximate surface area is 179 Å². The van der Waals surface area contributed by atoms with E-state index in [1.165, 1.54) is 11.6 Å². The third-order valence-electron chi connectivity index (χ3n) is 5.04. The van der Waals surface area contributed by atoms with Gasteiger partial charge in [0, 0.05) is 6.04 Å². The van der Waals surface area contributed by atoms with E-state index in [0.717, 1.165) is 32.1 Å². The molecule has 1 aromatic heterocycles. The molecule has 0 unspecified atom stereocenters. The Morgan fingerprint density at radius 3 is 2.50 bits per heavy atom. The summed E-state index contributed by atoms with van der Waals surface area (Å²) in [5.74, 6) is -1.49. The fraction of sp³-hybridized carbons (Fsp3) is 0.429. The molecule has 3 amide bonds. The Bertz CT molecular complexity index is 923. The number of aryl methyl sites for hydroxylation is 1. The number of aromatic nitrogens is 2. The number of ether oxygens (including phenoxy) is 1. The van der Waals surface area contributed by atoms with Gasteiger partial charge in [-0.3, -0.25) is 10.1 Å². The first kappa shape index (κ1) is 21.8. The third-order valence-corrected chi connectivity index (χ3v) is 5.39. The average molecular weight is 433 g/mol. The van der Waals surface area contributed by atoms with Crippen molar-refractivity contribution in [3.8, 4) is 5.69 Å². The number of imide groups is 1. The fourth-order valence-corrected chi connectivity index (χ4v) is 3.78. The number of nitrogens with one attached hydrogen (secondary N) is 2. The van der Waals surface area contributed by atoms with Gasteiger partial charge in [0.1, 0.15) is 10.7 Å². The lowest BCUT2D eigenvalue weighted by molar-refractivity contribution is -0.127. The van der Waals surface area contributed by atoms with E-state index in [-0.39, 0.29) is 16.8 Å². The monoisotopic (exact) mass is 432 g/mol. The topological polar surface area (TPSA) is 102 Å². The summed E-state index contributed by atoms with van der Waals surface area (Å²) < 4.78 is 6.66. The van der Waals surface area contributed by atoms with Gasteiger partial charge in [0.15, 0.2) is 6.10 Å². The maximum Gasteiger partial charge on any atom is 0.344 e. The van der Waals surface area contributed by atoms with Crippen molar-refractivity contribution in [1.29, 1.82) is 0 Å². The zero-order valence-electron chi connectivity index (χ0n) is 17.0. The average Bonchev–Trinajstić information content (AvgIpc) is 3.03. The van der Waals surface area contributed by atoms with E-state index in [0.29, 0.717) is 11.4 Å². The minimum absolute atomic E-state index is 0.0645.